The molecule has 9 heteroatoms. The lowest BCUT2D eigenvalue weighted by atomic mass is 10.1. The molecule has 2 aromatic heterocycles. The normalized spacial score (nSPS) is 11.1. The van der Waals surface area contributed by atoms with Crippen LogP contribution in [-0.4, -0.2) is 19.9 Å². The van der Waals surface area contributed by atoms with Gasteiger partial charge in [0.25, 0.3) is 0 Å². The zero-order chi connectivity index (χ0) is 20.4. The number of aromatic nitrogens is 4. The first-order valence-electron chi connectivity index (χ1n) is 8.76. The first kappa shape index (κ1) is 19.5. The number of nitrogen functional groups attached to an aromatic ring is 1. The maximum Gasteiger partial charge on any atom is 0.210 e. The Labute approximate surface area is 175 Å². The van der Waals surface area contributed by atoms with E-state index in [9.17, 15) is 4.39 Å². The second kappa shape index (κ2) is 8.26. The van der Waals surface area contributed by atoms with Crippen LogP contribution in [0.1, 0.15) is 17.0 Å². The van der Waals surface area contributed by atoms with Crippen LogP contribution in [0.2, 0.25) is 5.15 Å². The molecule has 0 atom stereocenters. The van der Waals surface area contributed by atoms with E-state index in [4.69, 9.17) is 22.2 Å². The van der Waals surface area contributed by atoms with Crippen molar-refractivity contribution >= 4 is 34.3 Å². The maximum absolute atomic E-state index is 13.0. The molecule has 0 saturated heterocycles. The number of thioether (sulfide) groups is 1. The van der Waals surface area contributed by atoms with E-state index in [-0.39, 0.29) is 12.4 Å². The number of rotatable bonds is 6. The van der Waals surface area contributed by atoms with Crippen molar-refractivity contribution in [3.63, 3.8) is 0 Å². The fourth-order valence-corrected chi connectivity index (χ4v) is 3.86. The summed E-state index contributed by atoms with van der Waals surface area (Å²) in [6.45, 7) is 2.14. The molecule has 0 aliphatic rings. The molecule has 2 N–H and O–H groups in total. The van der Waals surface area contributed by atoms with Crippen molar-refractivity contribution in [1.82, 2.24) is 19.9 Å². The summed E-state index contributed by atoms with van der Waals surface area (Å²) in [6, 6.07) is 13.8. The van der Waals surface area contributed by atoms with Gasteiger partial charge in [0.05, 0.1) is 5.52 Å². The average molecular weight is 430 g/mol. The Balaban J connectivity index is 1.44. The molecule has 2 heterocycles. The van der Waals surface area contributed by atoms with Gasteiger partial charge in [0.1, 0.15) is 23.3 Å². The van der Waals surface area contributed by atoms with Gasteiger partial charge in [-0.15, -0.1) is 10.2 Å². The second-order valence-electron chi connectivity index (χ2n) is 6.43. The van der Waals surface area contributed by atoms with Crippen molar-refractivity contribution in [2.24, 2.45) is 0 Å². The van der Waals surface area contributed by atoms with Crippen LogP contribution >= 0.6 is 23.4 Å². The van der Waals surface area contributed by atoms with Crippen LogP contribution in [0.4, 0.5) is 4.39 Å². The minimum atomic E-state index is -0.324. The zero-order valence-electron chi connectivity index (χ0n) is 15.5. The van der Waals surface area contributed by atoms with Crippen LogP contribution in [-0.2, 0) is 12.4 Å². The highest BCUT2D eigenvalue weighted by Crippen LogP contribution is 2.27. The Morgan fingerprint density at radius 1 is 1.14 bits per heavy atom. The molecule has 0 aliphatic heterocycles. The van der Waals surface area contributed by atoms with Gasteiger partial charge in [-0.2, -0.15) is 0 Å². The summed E-state index contributed by atoms with van der Waals surface area (Å²) in [4.78, 5) is 4.48. The largest absolute Gasteiger partial charge is 0.486 e. The van der Waals surface area contributed by atoms with E-state index in [1.54, 1.807) is 12.1 Å². The number of fused-ring (bicyclic) bond motifs is 1. The van der Waals surface area contributed by atoms with Crippen molar-refractivity contribution in [2.75, 3.05) is 5.84 Å². The highest BCUT2D eigenvalue weighted by atomic mass is 35.5. The van der Waals surface area contributed by atoms with Crippen molar-refractivity contribution in [3.05, 3.63) is 76.5 Å². The van der Waals surface area contributed by atoms with E-state index in [1.165, 1.54) is 28.6 Å². The second-order valence-corrected chi connectivity index (χ2v) is 7.74. The number of pyridine rings is 1. The SMILES string of the molecule is Cc1ccc2cc(CSc3nnc(COc4ccc(F)cc4)n3N)c(Cl)nc2c1. The molecule has 0 radical (unpaired) electrons. The molecule has 148 valence electrons. The molecule has 0 fully saturated rings. The van der Waals surface area contributed by atoms with E-state index in [0.29, 0.717) is 27.6 Å². The van der Waals surface area contributed by atoms with Crippen LogP contribution in [0, 0.1) is 12.7 Å². The van der Waals surface area contributed by atoms with Crippen LogP contribution in [0.3, 0.4) is 0 Å². The van der Waals surface area contributed by atoms with E-state index >= 15 is 0 Å². The highest BCUT2D eigenvalue weighted by molar-refractivity contribution is 7.98. The summed E-state index contributed by atoms with van der Waals surface area (Å²) in [5.41, 5.74) is 2.89. The van der Waals surface area contributed by atoms with E-state index in [2.05, 4.69) is 15.2 Å². The summed E-state index contributed by atoms with van der Waals surface area (Å²) >= 11 is 7.76. The maximum atomic E-state index is 13.0. The summed E-state index contributed by atoms with van der Waals surface area (Å²) in [6.07, 6.45) is 0. The first-order valence-corrected chi connectivity index (χ1v) is 10.1. The number of benzene rings is 2. The van der Waals surface area contributed by atoms with Gasteiger partial charge in [-0.1, -0.05) is 35.5 Å². The molecule has 0 spiro atoms. The Morgan fingerprint density at radius 2 is 1.93 bits per heavy atom. The van der Waals surface area contributed by atoms with Crippen molar-refractivity contribution in [1.29, 1.82) is 0 Å². The molecule has 2 aromatic carbocycles. The van der Waals surface area contributed by atoms with Gasteiger partial charge in [0.15, 0.2) is 5.82 Å². The van der Waals surface area contributed by atoms with Crippen LogP contribution in [0.5, 0.6) is 5.75 Å². The molecule has 0 aliphatic carbocycles. The van der Waals surface area contributed by atoms with E-state index in [0.717, 1.165) is 22.0 Å². The molecular formula is C20H17ClFN5OS. The van der Waals surface area contributed by atoms with Gasteiger partial charge in [-0.3, -0.25) is 0 Å². The smallest absolute Gasteiger partial charge is 0.210 e. The van der Waals surface area contributed by atoms with E-state index < -0.39 is 0 Å². The lowest BCUT2D eigenvalue weighted by molar-refractivity contribution is 0.291. The third kappa shape index (κ3) is 4.44. The quantitative estimate of drug-likeness (QED) is 0.276. The number of aryl methyl sites for hydroxylation is 1. The van der Waals surface area contributed by atoms with Crippen LogP contribution in [0.15, 0.2) is 53.7 Å². The van der Waals surface area contributed by atoms with Crippen molar-refractivity contribution < 1.29 is 9.13 Å². The molecule has 0 unspecified atom stereocenters. The lowest BCUT2D eigenvalue weighted by Crippen LogP contribution is -2.15. The van der Waals surface area contributed by atoms with E-state index in [1.807, 2.05) is 31.2 Å². The number of ether oxygens (including phenoxy) is 1. The minimum Gasteiger partial charge on any atom is -0.486 e. The third-order valence-corrected chi connectivity index (χ3v) is 5.59. The van der Waals surface area contributed by atoms with Gasteiger partial charge in [0, 0.05) is 16.7 Å². The standard InChI is InChI=1S/C20H17ClFN5OS/c1-12-2-3-13-9-14(19(21)24-17(13)8-12)11-29-20-26-25-18(27(20)23)10-28-16-6-4-15(22)5-7-16/h2-9H,10-11,23H2,1H3. The zero-order valence-corrected chi connectivity index (χ0v) is 17.0. The fraction of sp³-hybridized carbons (Fsp3) is 0.150. The Morgan fingerprint density at radius 3 is 2.72 bits per heavy atom. The van der Waals surface area contributed by atoms with Gasteiger partial charge >= 0.3 is 0 Å². The predicted molar refractivity (Wildman–Crippen MR) is 112 cm³/mol. The molecule has 0 saturated carbocycles. The number of nitrogens with two attached hydrogens (primary N) is 1. The monoisotopic (exact) mass is 429 g/mol. The summed E-state index contributed by atoms with van der Waals surface area (Å²) < 4.78 is 19.9. The Kier molecular flexibility index (Phi) is 5.55. The summed E-state index contributed by atoms with van der Waals surface area (Å²) in [7, 11) is 0. The van der Waals surface area contributed by atoms with Gasteiger partial charge in [0.2, 0.25) is 5.16 Å². The number of halogens is 2. The highest BCUT2D eigenvalue weighted by Gasteiger charge is 2.13. The molecule has 4 rings (SSSR count). The molecule has 0 amide bonds. The topological polar surface area (TPSA) is 78.9 Å². The van der Waals surface area contributed by atoms with Crippen LogP contribution < -0.4 is 10.6 Å². The molecular weight excluding hydrogens is 413 g/mol. The molecule has 29 heavy (non-hydrogen) atoms. The summed E-state index contributed by atoms with van der Waals surface area (Å²) in [5, 5.41) is 10.2. The first-order chi connectivity index (χ1) is 14.0. The number of nitrogens with zero attached hydrogens (tertiary/aromatic N) is 4. The van der Waals surface area contributed by atoms with Gasteiger partial charge < -0.3 is 10.6 Å². The number of hydrogen-bond donors (Lipinski definition) is 1. The molecule has 0 bridgehead atoms. The third-order valence-electron chi connectivity index (χ3n) is 4.27. The Hall–Kier alpha value is -2.84. The number of hydrogen-bond acceptors (Lipinski definition) is 6. The average Bonchev–Trinajstić information content (AvgIpc) is 3.05. The van der Waals surface area contributed by atoms with Gasteiger partial charge in [-0.25, -0.2) is 14.1 Å². The lowest BCUT2D eigenvalue weighted by Gasteiger charge is -2.08. The van der Waals surface area contributed by atoms with Gasteiger partial charge in [-0.05, 0) is 48.9 Å². The van der Waals surface area contributed by atoms with Crippen LogP contribution in [0.25, 0.3) is 10.9 Å². The van der Waals surface area contributed by atoms with Crippen molar-refractivity contribution in [3.8, 4) is 5.75 Å². The fourth-order valence-electron chi connectivity index (χ4n) is 2.72. The predicted octanol–water partition coefficient (Wildman–Crippen LogP) is 4.51. The summed E-state index contributed by atoms with van der Waals surface area (Å²) in [5.74, 6) is 7.28. The molecule has 4 aromatic rings. The molecule has 6 nitrogen and oxygen atoms in total. The minimum absolute atomic E-state index is 0.118. The van der Waals surface area contributed by atoms with Crippen molar-refractivity contribution in [2.45, 2.75) is 24.4 Å². The Bertz CT molecular complexity index is 1170.